The van der Waals surface area contributed by atoms with E-state index in [-0.39, 0.29) is 5.76 Å². The molecule has 1 aromatic heterocycles. The Bertz CT molecular complexity index is 1030. The van der Waals surface area contributed by atoms with Gasteiger partial charge in [0.05, 0.1) is 12.1 Å². The molecule has 3 rings (SSSR count). The number of fused-ring (bicyclic) bond motifs is 1. The highest BCUT2D eigenvalue weighted by molar-refractivity contribution is 9.10. The zero-order valence-corrected chi connectivity index (χ0v) is 20.2. The highest BCUT2D eigenvalue weighted by Gasteiger charge is 2.21. The number of carbonyl (C=O) groups excluding carboxylic acids is 1. The predicted molar refractivity (Wildman–Crippen MR) is 123 cm³/mol. The molecule has 0 radical (unpaired) electrons. The normalized spacial score (nSPS) is 14.5. The molecule has 1 heterocycles. The zero-order valence-electron chi connectivity index (χ0n) is 17.8. The molecule has 5 nitrogen and oxygen atoms in total. The minimum atomic E-state index is -2.83. The van der Waals surface area contributed by atoms with Gasteiger partial charge in [0.15, 0.2) is 0 Å². The molecular formula is C22H25BrF2N2O3S. The van der Waals surface area contributed by atoms with Crippen LogP contribution in [0.25, 0.3) is 10.9 Å². The molecule has 168 valence electrons. The molecule has 0 bridgehead atoms. The number of halogens is 3. The Morgan fingerprint density at radius 1 is 1.35 bits per heavy atom. The second kappa shape index (κ2) is 9.65. The molecule has 0 N–H and O–H groups in total. The smallest absolute Gasteiger partial charge is 0.410 e. The van der Waals surface area contributed by atoms with Crippen molar-refractivity contribution < 1.29 is 23.0 Å². The molecule has 1 aliphatic rings. The van der Waals surface area contributed by atoms with Crippen LogP contribution in [0.2, 0.25) is 0 Å². The summed E-state index contributed by atoms with van der Waals surface area (Å²) in [5.41, 5.74) is 1.33. The van der Waals surface area contributed by atoms with Gasteiger partial charge in [-0.05, 0) is 62.9 Å². The molecule has 0 fully saturated rings. The first-order chi connectivity index (χ1) is 14.5. The summed E-state index contributed by atoms with van der Waals surface area (Å²) in [6, 6.07) is 5.93. The highest BCUT2D eigenvalue weighted by Crippen LogP contribution is 2.34. The molecule has 9 heteroatoms. The van der Waals surface area contributed by atoms with Crippen LogP contribution in [0.3, 0.4) is 0 Å². The van der Waals surface area contributed by atoms with Crippen molar-refractivity contribution in [2.75, 3.05) is 7.05 Å². The molecule has 0 spiro atoms. The van der Waals surface area contributed by atoms with Gasteiger partial charge in [-0.2, -0.15) is 8.78 Å². The number of nitrogens with zero attached hydrogens (tertiary/aromatic N) is 2. The van der Waals surface area contributed by atoms with Crippen molar-refractivity contribution in [1.82, 2.24) is 8.87 Å². The third-order valence-electron chi connectivity index (χ3n) is 4.41. The van der Waals surface area contributed by atoms with Crippen LogP contribution in [0.4, 0.5) is 13.6 Å². The van der Waals surface area contributed by atoms with Crippen LogP contribution in [0, 0.1) is 0 Å². The van der Waals surface area contributed by atoms with Crippen molar-refractivity contribution in [2.24, 2.45) is 0 Å². The minimum Gasteiger partial charge on any atom is -0.444 e. The van der Waals surface area contributed by atoms with E-state index in [0.717, 1.165) is 25.8 Å². The summed E-state index contributed by atoms with van der Waals surface area (Å²) < 4.78 is 38.1. The summed E-state index contributed by atoms with van der Waals surface area (Å²) in [5.74, 6) is 0.280. The van der Waals surface area contributed by atoms with E-state index in [4.69, 9.17) is 4.74 Å². The average molecular weight is 515 g/mol. The molecule has 1 amide bonds. The molecule has 1 aromatic carbocycles. The average Bonchev–Trinajstić information content (AvgIpc) is 2.96. The number of allylic oxidation sites excluding steroid dienone is 3. The predicted octanol–water partition coefficient (Wildman–Crippen LogP) is 7.07. The van der Waals surface area contributed by atoms with E-state index in [1.165, 1.54) is 16.8 Å². The van der Waals surface area contributed by atoms with E-state index in [1.54, 1.807) is 13.1 Å². The molecule has 0 atom stereocenters. The Hall–Kier alpha value is -2.00. The van der Waals surface area contributed by atoms with Crippen LogP contribution in [-0.4, -0.2) is 34.2 Å². The number of rotatable bonds is 6. The van der Waals surface area contributed by atoms with Crippen molar-refractivity contribution in [1.29, 1.82) is 0 Å². The van der Waals surface area contributed by atoms with Gasteiger partial charge in [-0.1, -0.05) is 28.1 Å². The lowest BCUT2D eigenvalue weighted by Gasteiger charge is -2.24. The second-order valence-corrected chi connectivity index (χ2v) is 10.2. The van der Waals surface area contributed by atoms with Gasteiger partial charge >= 0.3 is 12.7 Å². The van der Waals surface area contributed by atoms with Gasteiger partial charge in [-0.25, -0.2) is 4.79 Å². The first kappa shape index (κ1) is 23.7. The van der Waals surface area contributed by atoms with Crippen molar-refractivity contribution in [3.8, 4) is 0 Å². The SMILES string of the molecule is CN(Cc1cn(SC2=CCCC(OC(F)F)=C2)c2cc(Br)ccc12)C(=O)OC(C)(C)C. The van der Waals surface area contributed by atoms with Gasteiger partial charge in [-0.3, -0.25) is 3.97 Å². The summed E-state index contributed by atoms with van der Waals surface area (Å²) in [6.07, 6.45) is 6.30. The van der Waals surface area contributed by atoms with Crippen LogP contribution >= 0.6 is 27.9 Å². The topological polar surface area (TPSA) is 43.7 Å². The minimum absolute atomic E-state index is 0.280. The van der Waals surface area contributed by atoms with E-state index in [9.17, 15) is 13.6 Å². The van der Waals surface area contributed by atoms with E-state index < -0.39 is 18.3 Å². The molecule has 2 aromatic rings. The summed E-state index contributed by atoms with van der Waals surface area (Å²) in [7, 11) is 1.70. The number of hydrogen-bond acceptors (Lipinski definition) is 4. The third kappa shape index (κ3) is 6.49. The maximum absolute atomic E-state index is 12.6. The van der Waals surface area contributed by atoms with E-state index in [0.29, 0.717) is 19.4 Å². The van der Waals surface area contributed by atoms with Crippen LogP contribution in [-0.2, 0) is 16.0 Å². The van der Waals surface area contributed by atoms with Crippen molar-refractivity contribution in [3.63, 3.8) is 0 Å². The number of alkyl halides is 2. The summed E-state index contributed by atoms with van der Waals surface area (Å²) in [5, 5.41) is 0.996. The lowest BCUT2D eigenvalue weighted by molar-refractivity contribution is -0.0984. The van der Waals surface area contributed by atoms with Crippen LogP contribution < -0.4 is 0 Å². The number of carbonyl (C=O) groups is 1. The number of amides is 1. The van der Waals surface area contributed by atoms with Crippen molar-refractivity contribution in [3.05, 3.63) is 57.2 Å². The van der Waals surface area contributed by atoms with Crippen LogP contribution in [0.15, 0.2) is 51.7 Å². The Morgan fingerprint density at radius 2 is 2.10 bits per heavy atom. The van der Waals surface area contributed by atoms with Gasteiger partial charge in [0.1, 0.15) is 11.4 Å². The number of ether oxygens (including phenoxy) is 2. The number of benzene rings is 1. The summed E-state index contributed by atoms with van der Waals surface area (Å²) in [6.45, 7) is 3.03. The molecule has 0 saturated carbocycles. The van der Waals surface area contributed by atoms with Crippen LogP contribution in [0.1, 0.15) is 39.2 Å². The standard InChI is InChI=1S/C22H25BrF2N2O3S/c1-22(2,3)30-21(28)26(4)12-14-13-27(19-10-15(23)8-9-18(14)19)31-17-7-5-6-16(11-17)29-20(24)25/h7-11,13,20H,5-6,12H2,1-4H3. The third-order valence-corrected chi connectivity index (χ3v) is 5.90. The highest BCUT2D eigenvalue weighted by atomic mass is 79.9. The van der Waals surface area contributed by atoms with Crippen molar-refractivity contribution in [2.45, 2.75) is 52.4 Å². The first-order valence-corrected chi connectivity index (χ1v) is 11.4. The van der Waals surface area contributed by atoms with Gasteiger partial charge in [0, 0.05) is 34.4 Å². The number of hydrogen-bond donors (Lipinski definition) is 0. The fraction of sp³-hybridized carbons (Fsp3) is 0.409. The Labute approximate surface area is 193 Å². The number of aromatic nitrogens is 1. The maximum Gasteiger partial charge on any atom is 0.410 e. The molecular weight excluding hydrogens is 490 g/mol. The summed E-state index contributed by atoms with van der Waals surface area (Å²) >= 11 is 4.93. The van der Waals surface area contributed by atoms with Crippen LogP contribution in [0.5, 0.6) is 0 Å². The quantitative estimate of drug-likeness (QED) is 0.413. The zero-order chi connectivity index (χ0) is 22.8. The first-order valence-electron chi connectivity index (χ1n) is 9.79. The monoisotopic (exact) mass is 514 g/mol. The Morgan fingerprint density at radius 3 is 2.77 bits per heavy atom. The van der Waals surface area contributed by atoms with Gasteiger partial charge in [0.25, 0.3) is 0 Å². The second-order valence-electron chi connectivity index (χ2n) is 8.20. The fourth-order valence-corrected chi connectivity index (χ4v) is 4.51. The van der Waals surface area contributed by atoms with E-state index >= 15 is 0 Å². The maximum atomic E-state index is 12.6. The Balaban J connectivity index is 1.86. The van der Waals surface area contributed by atoms with Crippen molar-refractivity contribution >= 4 is 44.9 Å². The van der Waals surface area contributed by atoms with E-state index in [1.807, 2.05) is 55.2 Å². The molecule has 1 aliphatic carbocycles. The molecule has 0 aliphatic heterocycles. The largest absolute Gasteiger partial charge is 0.444 e. The summed E-state index contributed by atoms with van der Waals surface area (Å²) in [4.78, 5) is 14.8. The lowest BCUT2D eigenvalue weighted by atomic mass is 10.1. The van der Waals surface area contributed by atoms with E-state index in [2.05, 4.69) is 20.7 Å². The molecule has 31 heavy (non-hydrogen) atoms. The fourth-order valence-electron chi connectivity index (χ4n) is 3.13. The van der Waals surface area contributed by atoms with Gasteiger partial charge < -0.3 is 14.4 Å². The lowest BCUT2D eigenvalue weighted by Crippen LogP contribution is -2.33. The molecule has 0 unspecified atom stereocenters. The van der Waals surface area contributed by atoms with Gasteiger partial charge in [-0.15, -0.1) is 0 Å². The van der Waals surface area contributed by atoms with Gasteiger partial charge in [0.2, 0.25) is 0 Å². The molecule has 0 saturated heterocycles. The Kier molecular flexibility index (Phi) is 7.36.